The first-order valence-corrected chi connectivity index (χ1v) is 6.91. The monoisotopic (exact) mass is 257 g/mol. The number of hydrogen-bond acceptors (Lipinski definition) is 3. The van der Waals surface area contributed by atoms with E-state index in [4.69, 9.17) is 5.11 Å². The third-order valence-corrected chi connectivity index (χ3v) is 3.41. The van der Waals surface area contributed by atoms with Crippen molar-refractivity contribution in [2.24, 2.45) is 0 Å². The number of carbonyl (C=O) groups is 1. The number of hydrogen-bond donors (Lipinski definition) is 1. The molecule has 6 heteroatoms. The lowest BCUT2D eigenvalue weighted by molar-refractivity contribution is -0.136. The molecule has 0 aromatic heterocycles. The van der Waals surface area contributed by atoms with Crippen LogP contribution in [0.15, 0.2) is 24.3 Å². The third-order valence-electron chi connectivity index (χ3n) is 2.22. The van der Waals surface area contributed by atoms with E-state index in [1.807, 2.05) is 13.0 Å². The zero-order valence-electron chi connectivity index (χ0n) is 9.75. The summed E-state index contributed by atoms with van der Waals surface area (Å²) in [4.78, 5) is 10.5. The van der Waals surface area contributed by atoms with Gasteiger partial charge in [0, 0.05) is 6.54 Å². The highest BCUT2D eigenvalue weighted by molar-refractivity contribution is 7.92. The summed E-state index contributed by atoms with van der Waals surface area (Å²) >= 11 is 0. The lowest BCUT2D eigenvalue weighted by Crippen LogP contribution is -2.32. The molecule has 0 atom stereocenters. The standard InChI is InChI=1S/C11H15NO4S/c1-9-4-3-5-10(8-9)12(17(2,15)16)7-6-11(13)14/h3-5,8H,6-7H2,1-2H3,(H,13,14). The normalized spacial score (nSPS) is 11.2. The van der Waals surface area contributed by atoms with Crippen LogP contribution in [-0.2, 0) is 14.8 Å². The van der Waals surface area contributed by atoms with Gasteiger partial charge in [-0.15, -0.1) is 0 Å². The molecule has 1 aromatic rings. The van der Waals surface area contributed by atoms with E-state index < -0.39 is 16.0 Å². The second kappa shape index (κ2) is 5.18. The van der Waals surface area contributed by atoms with Crippen LogP contribution in [0.5, 0.6) is 0 Å². The molecule has 0 aliphatic rings. The van der Waals surface area contributed by atoms with Crippen molar-refractivity contribution in [1.82, 2.24) is 0 Å². The SMILES string of the molecule is Cc1cccc(N(CCC(=O)O)S(C)(=O)=O)c1. The quantitative estimate of drug-likeness (QED) is 0.861. The van der Waals surface area contributed by atoms with Crippen LogP contribution in [0.2, 0.25) is 0 Å². The predicted octanol–water partition coefficient (Wildman–Crippen LogP) is 1.24. The van der Waals surface area contributed by atoms with Crippen molar-refractivity contribution < 1.29 is 18.3 Å². The summed E-state index contributed by atoms with van der Waals surface area (Å²) in [7, 11) is -3.46. The minimum atomic E-state index is -3.46. The first-order chi connectivity index (χ1) is 7.80. The van der Waals surface area contributed by atoms with Crippen molar-refractivity contribution in [3.05, 3.63) is 29.8 Å². The zero-order chi connectivity index (χ0) is 13.1. The molecule has 0 saturated carbocycles. The third kappa shape index (κ3) is 4.07. The van der Waals surface area contributed by atoms with Crippen molar-refractivity contribution in [2.45, 2.75) is 13.3 Å². The molecular weight excluding hydrogens is 242 g/mol. The molecule has 0 spiro atoms. The smallest absolute Gasteiger partial charge is 0.305 e. The molecule has 0 radical (unpaired) electrons. The number of anilines is 1. The molecule has 0 unspecified atom stereocenters. The van der Waals surface area contributed by atoms with Crippen molar-refractivity contribution >= 4 is 21.7 Å². The molecule has 94 valence electrons. The van der Waals surface area contributed by atoms with Gasteiger partial charge in [-0.25, -0.2) is 8.42 Å². The van der Waals surface area contributed by atoms with E-state index in [0.29, 0.717) is 5.69 Å². The molecule has 1 N–H and O–H groups in total. The van der Waals surface area contributed by atoms with Gasteiger partial charge in [-0.2, -0.15) is 0 Å². The molecule has 0 aliphatic carbocycles. The summed E-state index contributed by atoms with van der Waals surface area (Å²) < 4.78 is 24.3. The Morgan fingerprint density at radius 2 is 2.06 bits per heavy atom. The van der Waals surface area contributed by atoms with Crippen molar-refractivity contribution in [3.63, 3.8) is 0 Å². The average Bonchev–Trinajstić information content (AvgIpc) is 2.15. The fourth-order valence-corrected chi connectivity index (χ4v) is 2.39. The van der Waals surface area contributed by atoms with E-state index in [1.165, 1.54) is 0 Å². The summed E-state index contributed by atoms with van der Waals surface area (Å²) in [6.07, 6.45) is 0.845. The summed E-state index contributed by atoms with van der Waals surface area (Å²) in [5.74, 6) is -1.02. The van der Waals surface area contributed by atoms with Crippen LogP contribution < -0.4 is 4.31 Å². The van der Waals surface area contributed by atoms with Gasteiger partial charge in [-0.05, 0) is 24.6 Å². The van der Waals surface area contributed by atoms with Gasteiger partial charge >= 0.3 is 5.97 Å². The van der Waals surface area contributed by atoms with E-state index in [-0.39, 0.29) is 13.0 Å². The van der Waals surface area contributed by atoms with Crippen LogP contribution in [0.3, 0.4) is 0 Å². The highest BCUT2D eigenvalue weighted by Gasteiger charge is 2.18. The molecule has 1 aromatic carbocycles. The van der Waals surface area contributed by atoms with Crippen LogP contribution in [0, 0.1) is 6.92 Å². The molecular formula is C11H15NO4S. The van der Waals surface area contributed by atoms with Gasteiger partial charge in [0.1, 0.15) is 0 Å². The Kier molecular flexibility index (Phi) is 4.11. The van der Waals surface area contributed by atoms with E-state index in [0.717, 1.165) is 16.1 Å². The van der Waals surface area contributed by atoms with Crippen LogP contribution >= 0.6 is 0 Å². The Morgan fingerprint density at radius 1 is 1.41 bits per heavy atom. The Labute approximate surface area is 101 Å². The van der Waals surface area contributed by atoms with Gasteiger partial charge in [-0.1, -0.05) is 12.1 Å². The number of nitrogens with zero attached hydrogens (tertiary/aromatic N) is 1. The molecule has 0 aliphatic heterocycles. The van der Waals surface area contributed by atoms with Crippen molar-refractivity contribution in [2.75, 3.05) is 17.1 Å². The fourth-order valence-electron chi connectivity index (χ4n) is 1.47. The molecule has 0 bridgehead atoms. The number of carboxylic acids is 1. The largest absolute Gasteiger partial charge is 0.481 e. The van der Waals surface area contributed by atoms with Crippen LogP contribution in [0.25, 0.3) is 0 Å². The predicted molar refractivity (Wildman–Crippen MR) is 65.6 cm³/mol. The molecule has 0 amide bonds. The van der Waals surface area contributed by atoms with Gasteiger partial charge in [0.15, 0.2) is 0 Å². The number of carboxylic acid groups (broad SMARTS) is 1. The Hall–Kier alpha value is -1.56. The number of aliphatic carboxylic acids is 1. The van der Waals surface area contributed by atoms with Gasteiger partial charge in [0.05, 0.1) is 18.4 Å². The zero-order valence-corrected chi connectivity index (χ0v) is 10.6. The van der Waals surface area contributed by atoms with Gasteiger partial charge in [0.25, 0.3) is 0 Å². The van der Waals surface area contributed by atoms with E-state index >= 15 is 0 Å². The lowest BCUT2D eigenvalue weighted by atomic mass is 10.2. The minimum absolute atomic E-state index is 0.0579. The first-order valence-electron chi connectivity index (χ1n) is 5.07. The maximum Gasteiger partial charge on any atom is 0.305 e. The second-order valence-electron chi connectivity index (χ2n) is 3.82. The number of benzene rings is 1. The van der Waals surface area contributed by atoms with Crippen LogP contribution in [-0.4, -0.2) is 32.3 Å². The Balaban J connectivity index is 3.03. The fraction of sp³-hybridized carbons (Fsp3) is 0.364. The van der Waals surface area contributed by atoms with Gasteiger partial charge in [0.2, 0.25) is 10.0 Å². The Morgan fingerprint density at radius 3 is 2.53 bits per heavy atom. The Bertz CT molecular complexity index is 510. The molecule has 0 fully saturated rings. The highest BCUT2D eigenvalue weighted by atomic mass is 32.2. The number of rotatable bonds is 5. The van der Waals surface area contributed by atoms with Gasteiger partial charge < -0.3 is 5.11 Å². The summed E-state index contributed by atoms with van der Waals surface area (Å²) in [6, 6.07) is 6.95. The molecule has 0 saturated heterocycles. The molecule has 17 heavy (non-hydrogen) atoms. The lowest BCUT2D eigenvalue weighted by Gasteiger charge is -2.21. The maximum absolute atomic E-state index is 11.6. The van der Waals surface area contributed by atoms with E-state index in [2.05, 4.69) is 0 Å². The van der Waals surface area contributed by atoms with E-state index in [9.17, 15) is 13.2 Å². The average molecular weight is 257 g/mol. The maximum atomic E-state index is 11.6. The van der Waals surface area contributed by atoms with Crippen molar-refractivity contribution in [3.8, 4) is 0 Å². The highest BCUT2D eigenvalue weighted by Crippen LogP contribution is 2.19. The van der Waals surface area contributed by atoms with Crippen LogP contribution in [0.4, 0.5) is 5.69 Å². The van der Waals surface area contributed by atoms with Crippen LogP contribution in [0.1, 0.15) is 12.0 Å². The topological polar surface area (TPSA) is 74.7 Å². The molecule has 1 rings (SSSR count). The number of aryl methyl sites for hydroxylation is 1. The minimum Gasteiger partial charge on any atom is -0.481 e. The molecule has 0 heterocycles. The second-order valence-corrected chi connectivity index (χ2v) is 5.72. The van der Waals surface area contributed by atoms with Crippen molar-refractivity contribution in [1.29, 1.82) is 0 Å². The summed E-state index contributed by atoms with van der Waals surface area (Å²) in [5, 5.41) is 8.61. The summed E-state index contributed by atoms with van der Waals surface area (Å²) in [6.45, 7) is 1.79. The first kappa shape index (κ1) is 13.5. The van der Waals surface area contributed by atoms with Gasteiger partial charge in [-0.3, -0.25) is 9.10 Å². The molecule has 5 nitrogen and oxygen atoms in total. The number of sulfonamides is 1. The summed E-state index contributed by atoms with van der Waals surface area (Å²) in [5.41, 5.74) is 1.42. The van der Waals surface area contributed by atoms with E-state index in [1.54, 1.807) is 18.2 Å².